The van der Waals surface area contributed by atoms with Gasteiger partial charge < -0.3 is 4.98 Å². The molecule has 0 atom stereocenters. The fourth-order valence-corrected chi connectivity index (χ4v) is 2.86. The molecule has 2 aromatic heterocycles. The van der Waals surface area contributed by atoms with Gasteiger partial charge in [-0.3, -0.25) is 4.79 Å². The minimum absolute atomic E-state index is 0.0707. The number of aromatic nitrogens is 1. The molecule has 0 radical (unpaired) electrons. The quantitative estimate of drug-likeness (QED) is 0.708. The van der Waals surface area contributed by atoms with Gasteiger partial charge in [-0.2, -0.15) is 0 Å². The number of H-pyrrole nitrogens is 1. The lowest BCUT2D eigenvalue weighted by atomic mass is 10.1. The fourth-order valence-electron chi connectivity index (χ4n) is 1.80. The van der Waals surface area contributed by atoms with Gasteiger partial charge in [-0.25, -0.2) is 0 Å². The van der Waals surface area contributed by atoms with Crippen molar-refractivity contribution in [1.82, 2.24) is 4.98 Å². The number of hydrogen-bond donors (Lipinski definition) is 1. The molecule has 0 bridgehead atoms. The summed E-state index contributed by atoms with van der Waals surface area (Å²) in [5.41, 5.74) is 1.54. The minimum Gasteiger partial charge on any atom is -0.321 e. The highest BCUT2D eigenvalue weighted by Gasteiger charge is 2.07. The molecule has 0 amide bonds. The number of rotatable bonds is 1. The number of nitrogens with one attached hydrogen (secondary N) is 1. The van der Waals surface area contributed by atoms with Gasteiger partial charge in [0.05, 0.1) is 11.1 Å². The maximum Gasteiger partial charge on any atom is 0.257 e. The van der Waals surface area contributed by atoms with Crippen LogP contribution in [0.5, 0.6) is 0 Å². The number of hydrogen-bond acceptors (Lipinski definition) is 2. The zero-order valence-electron chi connectivity index (χ0n) is 8.74. The smallest absolute Gasteiger partial charge is 0.257 e. The Morgan fingerprint density at radius 3 is 2.82 bits per heavy atom. The van der Waals surface area contributed by atoms with Crippen LogP contribution in [0.1, 0.15) is 0 Å². The summed E-state index contributed by atoms with van der Waals surface area (Å²) in [5, 5.41) is 3.28. The van der Waals surface area contributed by atoms with Crippen LogP contribution in [0.2, 0.25) is 5.02 Å². The molecule has 17 heavy (non-hydrogen) atoms. The maximum absolute atomic E-state index is 11.9. The number of pyridine rings is 1. The predicted octanol–water partition coefficient (Wildman–Crippen LogP) is 3.91. The first-order valence-corrected chi connectivity index (χ1v) is 6.37. The summed E-state index contributed by atoms with van der Waals surface area (Å²) in [7, 11) is 0. The molecule has 3 aromatic rings. The van der Waals surface area contributed by atoms with Gasteiger partial charge in [-0.1, -0.05) is 29.8 Å². The Morgan fingerprint density at radius 2 is 2.00 bits per heavy atom. The Balaban J connectivity index is 2.32. The van der Waals surface area contributed by atoms with E-state index in [0.29, 0.717) is 5.02 Å². The van der Waals surface area contributed by atoms with E-state index >= 15 is 0 Å². The molecule has 0 aliphatic rings. The lowest BCUT2D eigenvalue weighted by Crippen LogP contribution is -2.05. The molecule has 0 spiro atoms. The van der Waals surface area contributed by atoms with Crippen molar-refractivity contribution in [3.63, 3.8) is 0 Å². The van der Waals surface area contributed by atoms with E-state index in [1.54, 1.807) is 11.3 Å². The van der Waals surface area contributed by atoms with E-state index in [9.17, 15) is 4.79 Å². The van der Waals surface area contributed by atoms with Gasteiger partial charge in [0.2, 0.25) is 0 Å². The third-order valence-electron chi connectivity index (χ3n) is 2.63. The van der Waals surface area contributed by atoms with E-state index < -0.39 is 0 Å². The molecule has 3 rings (SSSR count). The molecule has 0 saturated heterocycles. The second kappa shape index (κ2) is 4.02. The highest BCUT2D eigenvalue weighted by molar-refractivity contribution is 7.17. The molecule has 0 unspecified atom stereocenters. The van der Waals surface area contributed by atoms with E-state index in [2.05, 4.69) is 4.98 Å². The van der Waals surface area contributed by atoms with Gasteiger partial charge in [-0.15, -0.1) is 11.3 Å². The summed E-state index contributed by atoms with van der Waals surface area (Å²) in [4.78, 5) is 14.7. The van der Waals surface area contributed by atoms with Crippen molar-refractivity contribution < 1.29 is 0 Å². The van der Waals surface area contributed by atoms with E-state index in [1.807, 2.05) is 41.8 Å². The summed E-state index contributed by atoms with van der Waals surface area (Å²) in [6.45, 7) is 0. The van der Waals surface area contributed by atoms with Gasteiger partial charge in [-0.05, 0) is 23.6 Å². The van der Waals surface area contributed by atoms with Crippen LogP contribution in [0.4, 0.5) is 0 Å². The monoisotopic (exact) mass is 261 g/mol. The molecule has 2 nitrogen and oxygen atoms in total. The molecule has 0 aliphatic carbocycles. The van der Waals surface area contributed by atoms with Crippen molar-refractivity contribution in [2.45, 2.75) is 0 Å². The van der Waals surface area contributed by atoms with Crippen LogP contribution in [-0.2, 0) is 0 Å². The van der Waals surface area contributed by atoms with Crippen molar-refractivity contribution in [2.24, 2.45) is 0 Å². The highest BCUT2D eigenvalue weighted by Crippen LogP contribution is 2.28. The maximum atomic E-state index is 11.9. The van der Waals surface area contributed by atoms with Crippen molar-refractivity contribution in [3.8, 4) is 11.3 Å². The second-order valence-corrected chi connectivity index (χ2v) is 5.05. The van der Waals surface area contributed by atoms with Crippen LogP contribution >= 0.6 is 22.9 Å². The Morgan fingerprint density at radius 1 is 1.18 bits per heavy atom. The van der Waals surface area contributed by atoms with Crippen LogP contribution in [-0.4, -0.2) is 4.98 Å². The van der Waals surface area contributed by atoms with Crippen LogP contribution in [0.25, 0.3) is 21.3 Å². The molecule has 0 saturated carbocycles. The lowest BCUT2D eigenvalue weighted by molar-refractivity contribution is 1.28. The Hall–Kier alpha value is -1.58. The predicted molar refractivity (Wildman–Crippen MR) is 72.9 cm³/mol. The van der Waals surface area contributed by atoms with Crippen molar-refractivity contribution in [1.29, 1.82) is 0 Å². The normalized spacial score (nSPS) is 10.9. The summed E-state index contributed by atoms with van der Waals surface area (Å²) in [6, 6.07) is 11.3. The zero-order valence-corrected chi connectivity index (χ0v) is 10.3. The molecule has 2 heterocycles. The molecule has 0 fully saturated rings. The van der Waals surface area contributed by atoms with E-state index in [0.717, 1.165) is 21.3 Å². The third kappa shape index (κ3) is 1.77. The number of fused-ring (bicyclic) bond motifs is 1. The van der Waals surface area contributed by atoms with Gasteiger partial charge in [0.15, 0.2) is 0 Å². The van der Waals surface area contributed by atoms with Crippen LogP contribution in [0.3, 0.4) is 0 Å². The molecule has 0 aliphatic heterocycles. The molecule has 1 N–H and O–H groups in total. The summed E-state index contributed by atoms with van der Waals surface area (Å²) in [6.07, 6.45) is 0. The van der Waals surface area contributed by atoms with Gasteiger partial charge in [0.25, 0.3) is 5.56 Å². The summed E-state index contributed by atoms with van der Waals surface area (Å²) in [5.74, 6) is 0. The summed E-state index contributed by atoms with van der Waals surface area (Å²) < 4.78 is 0.976. The molecule has 1 aromatic carbocycles. The van der Waals surface area contributed by atoms with Crippen molar-refractivity contribution in [2.75, 3.05) is 0 Å². The fraction of sp³-hybridized carbons (Fsp3) is 0. The number of thiophene rings is 1. The average molecular weight is 262 g/mol. The average Bonchev–Trinajstić information content (AvgIpc) is 2.78. The van der Waals surface area contributed by atoms with Crippen LogP contribution < -0.4 is 5.56 Å². The van der Waals surface area contributed by atoms with Gasteiger partial charge >= 0.3 is 0 Å². The standard InChI is InChI=1S/C13H8ClNOS/c14-10-4-2-1-3-8(10)11-7-12-9(5-6-17-12)13(16)15-11/h1-7H,(H,15,16). The number of benzene rings is 1. The molecular formula is C13H8ClNOS. The largest absolute Gasteiger partial charge is 0.321 e. The summed E-state index contributed by atoms with van der Waals surface area (Å²) >= 11 is 7.67. The first kappa shape index (κ1) is 10.6. The van der Waals surface area contributed by atoms with Crippen LogP contribution in [0.15, 0.2) is 46.6 Å². The number of aromatic amines is 1. The van der Waals surface area contributed by atoms with Crippen molar-refractivity contribution in [3.05, 3.63) is 57.2 Å². The Bertz CT molecular complexity index is 744. The van der Waals surface area contributed by atoms with E-state index in [1.165, 1.54) is 0 Å². The topological polar surface area (TPSA) is 32.9 Å². The zero-order chi connectivity index (χ0) is 11.8. The molecule has 4 heteroatoms. The second-order valence-electron chi connectivity index (χ2n) is 3.69. The first-order chi connectivity index (χ1) is 8.25. The lowest BCUT2D eigenvalue weighted by Gasteiger charge is -2.03. The van der Waals surface area contributed by atoms with Crippen LogP contribution in [0, 0.1) is 0 Å². The Labute approximate surface area is 106 Å². The van der Waals surface area contributed by atoms with Gasteiger partial charge in [0, 0.05) is 15.3 Å². The number of halogens is 1. The van der Waals surface area contributed by atoms with Crippen molar-refractivity contribution >= 4 is 33.0 Å². The van der Waals surface area contributed by atoms with E-state index in [-0.39, 0.29) is 5.56 Å². The third-order valence-corrected chi connectivity index (χ3v) is 3.82. The van der Waals surface area contributed by atoms with E-state index in [4.69, 9.17) is 11.6 Å². The SMILES string of the molecule is O=c1[nH]c(-c2ccccc2Cl)cc2sccc12. The highest BCUT2D eigenvalue weighted by atomic mass is 35.5. The molecular weight excluding hydrogens is 254 g/mol. The first-order valence-electron chi connectivity index (χ1n) is 5.11. The van der Waals surface area contributed by atoms with Gasteiger partial charge in [0.1, 0.15) is 0 Å². The Kier molecular flexibility index (Phi) is 2.50. The minimum atomic E-state index is -0.0707. The molecule has 84 valence electrons.